The standard InChI is InChI=1S/C16H16F2O/c1-10-7-8-11(2)12(9-10)16(3,19)15-13(17)5-4-6-14(15)18/h4-9,19H,1-3H3. The molecule has 0 bridgehead atoms. The summed E-state index contributed by atoms with van der Waals surface area (Å²) in [4.78, 5) is 0. The summed E-state index contributed by atoms with van der Waals surface area (Å²) in [6.45, 7) is 5.09. The van der Waals surface area contributed by atoms with E-state index in [2.05, 4.69) is 0 Å². The number of halogens is 2. The molecule has 0 radical (unpaired) electrons. The number of benzene rings is 2. The quantitative estimate of drug-likeness (QED) is 0.872. The monoisotopic (exact) mass is 262 g/mol. The Balaban J connectivity index is 2.68. The van der Waals surface area contributed by atoms with Gasteiger partial charge in [-0.2, -0.15) is 0 Å². The molecule has 0 aliphatic rings. The van der Waals surface area contributed by atoms with Crippen LogP contribution in [0.4, 0.5) is 8.78 Å². The summed E-state index contributed by atoms with van der Waals surface area (Å²) >= 11 is 0. The summed E-state index contributed by atoms with van der Waals surface area (Å²) in [5.74, 6) is -1.49. The molecule has 19 heavy (non-hydrogen) atoms. The van der Waals surface area contributed by atoms with E-state index < -0.39 is 17.2 Å². The molecule has 0 saturated heterocycles. The molecule has 2 rings (SSSR count). The normalized spacial score (nSPS) is 14.2. The van der Waals surface area contributed by atoms with Gasteiger partial charge in [-0.15, -0.1) is 0 Å². The fourth-order valence-electron chi connectivity index (χ4n) is 2.36. The van der Waals surface area contributed by atoms with Gasteiger partial charge >= 0.3 is 0 Å². The first-order valence-corrected chi connectivity index (χ1v) is 6.08. The second-order valence-corrected chi connectivity index (χ2v) is 4.99. The van der Waals surface area contributed by atoms with Crippen molar-refractivity contribution in [1.82, 2.24) is 0 Å². The highest BCUT2D eigenvalue weighted by Gasteiger charge is 2.33. The lowest BCUT2D eigenvalue weighted by atomic mass is 9.84. The van der Waals surface area contributed by atoms with Crippen LogP contribution in [0.5, 0.6) is 0 Å². The van der Waals surface area contributed by atoms with Crippen molar-refractivity contribution in [3.05, 3.63) is 70.3 Å². The molecule has 1 atom stereocenters. The van der Waals surface area contributed by atoms with Gasteiger partial charge in [-0.1, -0.05) is 29.8 Å². The molecule has 0 heterocycles. The van der Waals surface area contributed by atoms with E-state index in [1.54, 1.807) is 6.07 Å². The van der Waals surface area contributed by atoms with E-state index in [9.17, 15) is 13.9 Å². The molecule has 100 valence electrons. The van der Waals surface area contributed by atoms with Gasteiger partial charge < -0.3 is 5.11 Å². The molecule has 0 amide bonds. The summed E-state index contributed by atoms with van der Waals surface area (Å²) in [7, 11) is 0. The molecule has 1 unspecified atom stereocenters. The zero-order chi connectivity index (χ0) is 14.2. The number of aliphatic hydroxyl groups is 1. The SMILES string of the molecule is Cc1ccc(C)c(C(C)(O)c2c(F)cccc2F)c1. The Hall–Kier alpha value is -1.74. The van der Waals surface area contributed by atoms with E-state index in [1.807, 2.05) is 26.0 Å². The smallest absolute Gasteiger partial charge is 0.132 e. The van der Waals surface area contributed by atoms with Crippen LogP contribution in [0.25, 0.3) is 0 Å². The third-order valence-corrected chi connectivity index (χ3v) is 3.37. The number of hydrogen-bond donors (Lipinski definition) is 1. The van der Waals surface area contributed by atoms with Gasteiger partial charge in [-0.3, -0.25) is 0 Å². The summed E-state index contributed by atoms with van der Waals surface area (Å²) in [6, 6.07) is 9.06. The Bertz CT molecular complexity index is 598. The van der Waals surface area contributed by atoms with Crippen LogP contribution in [0.2, 0.25) is 0 Å². The number of rotatable bonds is 2. The molecule has 0 aliphatic carbocycles. The van der Waals surface area contributed by atoms with Gasteiger partial charge in [0.15, 0.2) is 0 Å². The Labute approximate surface area is 111 Å². The number of hydrogen-bond acceptors (Lipinski definition) is 1. The molecular weight excluding hydrogens is 246 g/mol. The van der Waals surface area contributed by atoms with Crippen LogP contribution in [0.3, 0.4) is 0 Å². The second kappa shape index (κ2) is 4.74. The lowest BCUT2D eigenvalue weighted by Crippen LogP contribution is -2.27. The molecular formula is C16H16F2O. The predicted octanol–water partition coefficient (Wildman–Crippen LogP) is 3.84. The van der Waals surface area contributed by atoms with Crippen molar-refractivity contribution in [2.45, 2.75) is 26.4 Å². The molecule has 1 N–H and O–H groups in total. The highest BCUT2D eigenvalue weighted by molar-refractivity contribution is 5.42. The van der Waals surface area contributed by atoms with Crippen LogP contribution in [0, 0.1) is 25.5 Å². The van der Waals surface area contributed by atoms with Gasteiger partial charge in [-0.25, -0.2) is 8.78 Å². The molecule has 0 aromatic heterocycles. The zero-order valence-corrected chi connectivity index (χ0v) is 11.2. The maximum atomic E-state index is 13.9. The van der Waals surface area contributed by atoms with E-state index in [-0.39, 0.29) is 5.56 Å². The Kier molecular flexibility index (Phi) is 3.42. The molecule has 2 aromatic rings. The van der Waals surface area contributed by atoms with Gasteiger partial charge in [0.2, 0.25) is 0 Å². The van der Waals surface area contributed by atoms with Crippen molar-refractivity contribution in [2.24, 2.45) is 0 Å². The van der Waals surface area contributed by atoms with Crippen LogP contribution >= 0.6 is 0 Å². The van der Waals surface area contributed by atoms with E-state index in [1.165, 1.54) is 13.0 Å². The minimum atomic E-state index is -1.70. The summed E-state index contributed by atoms with van der Waals surface area (Å²) in [5.41, 5.74) is 0.210. The summed E-state index contributed by atoms with van der Waals surface area (Å²) in [6.07, 6.45) is 0. The third kappa shape index (κ3) is 2.38. The van der Waals surface area contributed by atoms with Gasteiger partial charge in [0, 0.05) is 0 Å². The van der Waals surface area contributed by atoms with Crippen LogP contribution in [-0.2, 0) is 5.60 Å². The van der Waals surface area contributed by atoms with Crippen molar-refractivity contribution >= 4 is 0 Å². The minimum absolute atomic E-state index is 0.316. The Morgan fingerprint density at radius 1 is 1.00 bits per heavy atom. The molecule has 3 heteroatoms. The maximum Gasteiger partial charge on any atom is 0.132 e. The average Bonchev–Trinajstić information content (AvgIpc) is 2.31. The van der Waals surface area contributed by atoms with E-state index in [0.29, 0.717) is 5.56 Å². The minimum Gasteiger partial charge on any atom is -0.380 e. The highest BCUT2D eigenvalue weighted by Crippen LogP contribution is 2.34. The van der Waals surface area contributed by atoms with E-state index >= 15 is 0 Å². The molecule has 1 nitrogen and oxygen atoms in total. The molecule has 0 aliphatic heterocycles. The molecule has 0 saturated carbocycles. The fraction of sp³-hybridized carbons (Fsp3) is 0.250. The second-order valence-electron chi connectivity index (χ2n) is 4.99. The lowest BCUT2D eigenvalue weighted by Gasteiger charge is -2.27. The van der Waals surface area contributed by atoms with Crippen molar-refractivity contribution < 1.29 is 13.9 Å². The zero-order valence-electron chi connectivity index (χ0n) is 11.2. The summed E-state index contributed by atoms with van der Waals surface area (Å²) in [5, 5.41) is 10.6. The van der Waals surface area contributed by atoms with Crippen molar-refractivity contribution in [2.75, 3.05) is 0 Å². The molecule has 0 fully saturated rings. The van der Waals surface area contributed by atoms with Crippen LogP contribution in [-0.4, -0.2) is 5.11 Å². The van der Waals surface area contributed by atoms with Gasteiger partial charge in [0.1, 0.15) is 17.2 Å². The van der Waals surface area contributed by atoms with E-state index in [0.717, 1.165) is 23.3 Å². The van der Waals surface area contributed by atoms with Crippen LogP contribution < -0.4 is 0 Å². The average molecular weight is 262 g/mol. The van der Waals surface area contributed by atoms with Gasteiger partial charge in [0.05, 0.1) is 5.56 Å². The lowest BCUT2D eigenvalue weighted by molar-refractivity contribution is 0.0927. The first-order valence-electron chi connectivity index (χ1n) is 6.08. The first kappa shape index (κ1) is 13.7. The van der Waals surface area contributed by atoms with Gasteiger partial charge in [-0.05, 0) is 44.0 Å². The van der Waals surface area contributed by atoms with Crippen molar-refractivity contribution in [1.29, 1.82) is 0 Å². The first-order chi connectivity index (χ1) is 8.84. The third-order valence-electron chi connectivity index (χ3n) is 3.37. The largest absolute Gasteiger partial charge is 0.380 e. The maximum absolute atomic E-state index is 13.9. The van der Waals surface area contributed by atoms with Crippen molar-refractivity contribution in [3.8, 4) is 0 Å². The van der Waals surface area contributed by atoms with Gasteiger partial charge in [0.25, 0.3) is 0 Å². The fourth-order valence-corrected chi connectivity index (χ4v) is 2.36. The molecule has 2 aromatic carbocycles. The van der Waals surface area contributed by atoms with Crippen molar-refractivity contribution in [3.63, 3.8) is 0 Å². The van der Waals surface area contributed by atoms with Crippen LogP contribution in [0.15, 0.2) is 36.4 Å². The Morgan fingerprint density at radius 2 is 1.58 bits per heavy atom. The Morgan fingerprint density at radius 3 is 2.16 bits per heavy atom. The molecule has 0 spiro atoms. The summed E-state index contributed by atoms with van der Waals surface area (Å²) < 4.78 is 27.7. The van der Waals surface area contributed by atoms with E-state index in [4.69, 9.17) is 0 Å². The highest BCUT2D eigenvalue weighted by atomic mass is 19.1. The van der Waals surface area contributed by atoms with Crippen LogP contribution in [0.1, 0.15) is 29.2 Å². The topological polar surface area (TPSA) is 20.2 Å². The predicted molar refractivity (Wildman–Crippen MR) is 70.9 cm³/mol. The number of aryl methyl sites for hydroxylation is 2.